The number of thiazole rings is 1. The predicted molar refractivity (Wildman–Crippen MR) is 177 cm³/mol. The van der Waals surface area contributed by atoms with Crippen LogP contribution in [0.2, 0.25) is 0 Å². The highest BCUT2D eigenvalue weighted by molar-refractivity contribution is 7.22. The number of likely N-dealkylation sites (N-methyl/N-ethyl adjacent to an activating group) is 1. The molecule has 6 rings (SSSR count). The van der Waals surface area contributed by atoms with Gasteiger partial charge in [0.15, 0.2) is 16.6 Å². The van der Waals surface area contributed by atoms with E-state index in [4.69, 9.17) is 9.47 Å². The van der Waals surface area contributed by atoms with Crippen LogP contribution >= 0.6 is 11.3 Å². The molecule has 11 nitrogen and oxygen atoms in total. The van der Waals surface area contributed by atoms with Gasteiger partial charge >= 0.3 is 6.03 Å². The number of nitrogens with zero attached hydrogens (tertiary/aromatic N) is 5. The molecule has 3 heterocycles. The van der Waals surface area contributed by atoms with Crippen molar-refractivity contribution in [3.63, 3.8) is 0 Å². The predicted octanol–water partition coefficient (Wildman–Crippen LogP) is 6.10. The van der Waals surface area contributed by atoms with Crippen LogP contribution in [0.15, 0.2) is 54.9 Å². The van der Waals surface area contributed by atoms with E-state index in [9.17, 15) is 9.18 Å². The van der Waals surface area contributed by atoms with Crippen molar-refractivity contribution in [2.45, 2.75) is 13.3 Å². The number of halogens is 1. The second-order valence-electron chi connectivity index (χ2n) is 11.0. The Hall–Kier alpha value is -4.59. The normalized spacial score (nSPS) is 14.0. The van der Waals surface area contributed by atoms with Gasteiger partial charge in [0.05, 0.1) is 35.1 Å². The molecule has 1 aliphatic rings. The van der Waals surface area contributed by atoms with Crippen LogP contribution in [0.3, 0.4) is 0 Å². The van der Waals surface area contributed by atoms with Crippen molar-refractivity contribution in [1.29, 1.82) is 0 Å². The molecular weight excluding hydrogens is 595 g/mol. The number of methoxy groups -OCH3 is 1. The molecule has 5 aromatic rings. The molecule has 0 saturated carbocycles. The summed E-state index contributed by atoms with van der Waals surface area (Å²) in [5.74, 6) is 1.36. The number of carbonyl (C=O) groups is 1. The number of benzene rings is 3. The van der Waals surface area contributed by atoms with Crippen LogP contribution in [0, 0.1) is 12.7 Å². The number of hydrogen-bond acceptors (Lipinski definition) is 10. The van der Waals surface area contributed by atoms with Crippen LogP contribution in [-0.4, -0.2) is 84.3 Å². The van der Waals surface area contributed by atoms with Gasteiger partial charge in [0.1, 0.15) is 18.0 Å². The SMILES string of the molecule is COc1cc2c(Nc3ccc4nc(NC(=O)Nc5cc(C)ccc5F)sc4c3)ncnc2cc1OCCCN1CCN(C)CC1. The molecule has 1 fully saturated rings. The number of fused-ring (bicyclic) bond motifs is 2. The van der Waals surface area contributed by atoms with Gasteiger partial charge in [-0.15, -0.1) is 0 Å². The fraction of sp³-hybridized carbons (Fsp3) is 0.312. The summed E-state index contributed by atoms with van der Waals surface area (Å²) >= 11 is 1.31. The number of amides is 2. The number of hydrogen-bond donors (Lipinski definition) is 3. The van der Waals surface area contributed by atoms with Gasteiger partial charge in [0.2, 0.25) is 0 Å². The van der Waals surface area contributed by atoms with Crippen LogP contribution in [0.4, 0.5) is 31.5 Å². The van der Waals surface area contributed by atoms with Gasteiger partial charge in [0.25, 0.3) is 0 Å². The zero-order chi connectivity index (χ0) is 31.3. The molecule has 3 aromatic carbocycles. The quantitative estimate of drug-likeness (QED) is 0.157. The number of anilines is 4. The number of aryl methyl sites for hydroxylation is 1. The van der Waals surface area contributed by atoms with E-state index in [1.807, 2.05) is 37.3 Å². The van der Waals surface area contributed by atoms with Crippen molar-refractivity contribution in [3.8, 4) is 11.5 Å². The third-order valence-electron chi connectivity index (χ3n) is 7.63. The molecule has 0 bridgehead atoms. The van der Waals surface area contributed by atoms with E-state index in [0.29, 0.717) is 34.6 Å². The lowest BCUT2D eigenvalue weighted by Crippen LogP contribution is -2.44. The molecule has 1 aliphatic heterocycles. The summed E-state index contributed by atoms with van der Waals surface area (Å²) in [7, 11) is 3.78. The Bertz CT molecular complexity index is 1830. The number of piperazine rings is 1. The molecule has 2 aromatic heterocycles. The number of nitrogens with one attached hydrogen (secondary N) is 3. The zero-order valence-corrected chi connectivity index (χ0v) is 26.2. The van der Waals surface area contributed by atoms with E-state index in [2.05, 4.69) is 47.7 Å². The largest absolute Gasteiger partial charge is 0.493 e. The first-order valence-corrected chi connectivity index (χ1v) is 15.5. The van der Waals surface area contributed by atoms with Crippen molar-refractivity contribution >= 4 is 60.8 Å². The summed E-state index contributed by atoms with van der Waals surface area (Å²) in [5, 5.41) is 9.78. The highest BCUT2D eigenvalue weighted by Crippen LogP contribution is 2.36. The van der Waals surface area contributed by atoms with Gasteiger partial charge in [-0.1, -0.05) is 17.4 Å². The average Bonchev–Trinajstić information content (AvgIpc) is 3.43. The lowest BCUT2D eigenvalue weighted by atomic mass is 10.2. The minimum absolute atomic E-state index is 0.105. The highest BCUT2D eigenvalue weighted by Gasteiger charge is 2.16. The third kappa shape index (κ3) is 7.39. The molecule has 45 heavy (non-hydrogen) atoms. The summed E-state index contributed by atoms with van der Waals surface area (Å²) in [6, 6.07) is 13.4. The van der Waals surface area contributed by atoms with Crippen molar-refractivity contribution < 1.29 is 18.7 Å². The molecule has 0 unspecified atom stereocenters. The molecule has 0 spiro atoms. The first-order valence-electron chi connectivity index (χ1n) is 14.7. The minimum atomic E-state index is -0.573. The molecule has 1 saturated heterocycles. The molecule has 2 amide bonds. The monoisotopic (exact) mass is 630 g/mol. The van der Waals surface area contributed by atoms with Crippen molar-refractivity contribution in [2.75, 3.05) is 69.4 Å². The van der Waals surface area contributed by atoms with E-state index in [0.717, 1.165) is 66.0 Å². The summed E-state index contributed by atoms with van der Waals surface area (Å²) in [5.41, 5.74) is 3.17. The molecule has 0 atom stereocenters. The average molecular weight is 631 g/mol. The van der Waals surface area contributed by atoms with Gasteiger partial charge < -0.3 is 29.9 Å². The number of rotatable bonds is 10. The van der Waals surface area contributed by atoms with E-state index < -0.39 is 11.8 Å². The Morgan fingerprint density at radius 2 is 1.84 bits per heavy atom. The summed E-state index contributed by atoms with van der Waals surface area (Å²) in [6.45, 7) is 7.79. The van der Waals surface area contributed by atoms with E-state index in [-0.39, 0.29) is 5.69 Å². The van der Waals surface area contributed by atoms with E-state index in [1.54, 1.807) is 19.2 Å². The van der Waals surface area contributed by atoms with E-state index >= 15 is 0 Å². The smallest absolute Gasteiger partial charge is 0.325 e. The summed E-state index contributed by atoms with van der Waals surface area (Å²) < 4.78 is 26.7. The van der Waals surface area contributed by atoms with Crippen molar-refractivity contribution in [2.24, 2.45) is 0 Å². The Morgan fingerprint density at radius 3 is 2.67 bits per heavy atom. The van der Waals surface area contributed by atoms with Gasteiger partial charge in [-0.05, 0) is 62.4 Å². The van der Waals surface area contributed by atoms with Crippen molar-refractivity contribution in [3.05, 3.63) is 66.2 Å². The first-order chi connectivity index (χ1) is 21.8. The number of aromatic nitrogens is 3. The summed E-state index contributed by atoms with van der Waals surface area (Å²) in [6.07, 6.45) is 2.44. The van der Waals surface area contributed by atoms with Gasteiger partial charge in [-0.2, -0.15) is 0 Å². The van der Waals surface area contributed by atoms with Crippen LogP contribution < -0.4 is 25.4 Å². The second kappa shape index (κ2) is 13.6. The Balaban J connectivity index is 1.12. The van der Waals surface area contributed by atoms with E-state index in [1.165, 1.54) is 23.7 Å². The zero-order valence-electron chi connectivity index (χ0n) is 25.4. The molecular formula is C32H35FN8O3S. The molecule has 13 heteroatoms. The van der Waals surface area contributed by atoms with Crippen LogP contribution in [0.5, 0.6) is 11.5 Å². The Labute approximate surface area is 264 Å². The lowest BCUT2D eigenvalue weighted by molar-refractivity contribution is 0.145. The van der Waals surface area contributed by atoms with Crippen molar-refractivity contribution in [1.82, 2.24) is 24.8 Å². The number of carbonyl (C=O) groups excluding carboxylic acids is 1. The molecule has 3 N–H and O–H groups in total. The Kier molecular flexibility index (Phi) is 9.19. The second-order valence-corrected chi connectivity index (χ2v) is 12.0. The Morgan fingerprint density at radius 1 is 1.00 bits per heavy atom. The minimum Gasteiger partial charge on any atom is -0.493 e. The lowest BCUT2D eigenvalue weighted by Gasteiger charge is -2.32. The highest BCUT2D eigenvalue weighted by atomic mass is 32.1. The van der Waals surface area contributed by atoms with Crippen LogP contribution in [-0.2, 0) is 0 Å². The third-order valence-corrected chi connectivity index (χ3v) is 8.57. The van der Waals surface area contributed by atoms with Crippen LogP contribution in [0.25, 0.3) is 21.1 Å². The topological polar surface area (TPSA) is 117 Å². The molecule has 0 aliphatic carbocycles. The maximum atomic E-state index is 14.1. The fourth-order valence-electron chi connectivity index (χ4n) is 5.16. The number of ether oxygens (including phenoxy) is 2. The van der Waals surface area contributed by atoms with Gasteiger partial charge in [0, 0.05) is 49.9 Å². The van der Waals surface area contributed by atoms with Gasteiger partial charge in [-0.25, -0.2) is 24.1 Å². The van der Waals surface area contributed by atoms with Gasteiger partial charge in [-0.3, -0.25) is 5.32 Å². The first kappa shape index (κ1) is 30.4. The maximum absolute atomic E-state index is 14.1. The molecule has 234 valence electrons. The standard InChI is InChI=1S/C32H35FN8O3S/c1-20-5-7-23(33)26(15-20)37-31(42)39-32-38-24-8-6-21(16-29(24)45-32)36-30-22-17-27(43-3)28(18-25(22)34-19-35-30)44-14-4-9-41-12-10-40(2)11-13-41/h5-8,15-19H,4,9-14H2,1-3H3,(H,34,35,36)(H2,37,38,39,42). The number of urea groups is 1. The summed E-state index contributed by atoms with van der Waals surface area (Å²) in [4.78, 5) is 30.8. The van der Waals surface area contributed by atoms with Crippen LogP contribution in [0.1, 0.15) is 12.0 Å². The fourth-order valence-corrected chi connectivity index (χ4v) is 6.06. The molecule has 0 radical (unpaired) electrons. The maximum Gasteiger partial charge on any atom is 0.325 e.